The van der Waals surface area contributed by atoms with Crippen LogP contribution in [0.3, 0.4) is 0 Å². The van der Waals surface area contributed by atoms with Crippen LogP contribution >= 0.6 is 0 Å². The Bertz CT molecular complexity index is 960. The van der Waals surface area contributed by atoms with Gasteiger partial charge in [0.15, 0.2) is 6.35 Å². The Kier molecular flexibility index (Phi) is 21.0. The van der Waals surface area contributed by atoms with Gasteiger partial charge in [0.25, 0.3) is 6.47 Å². The molecule has 1 saturated heterocycles. The molecular formula is C35H62FN3O3. The largest absolute Gasteiger partial charge is 0.471 e. The lowest BCUT2D eigenvalue weighted by Gasteiger charge is -2.38. The molecule has 3 unspecified atom stereocenters. The molecule has 6 nitrogen and oxygen atoms in total. The number of rotatable bonds is 11. The van der Waals surface area contributed by atoms with Crippen LogP contribution in [0.5, 0.6) is 0 Å². The van der Waals surface area contributed by atoms with E-state index in [0.29, 0.717) is 18.0 Å². The molecule has 0 amide bonds. The van der Waals surface area contributed by atoms with E-state index in [1.807, 2.05) is 39.8 Å². The van der Waals surface area contributed by atoms with Crippen molar-refractivity contribution in [2.24, 2.45) is 5.92 Å². The van der Waals surface area contributed by atoms with E-state index >= 15 is 0 Å². The van der Waals surface area contributed by atoms with E-state index in [2.05, 4.69) is 86.3 Å². The van der Waals surface area contributed by atoms with Crippen molar-refractivity contribution in [3.8, 4) is 0 Å². The first-order valence-corrected chi connectivity index (χ1v) is 15.7. The molecule has 1 heterocycles. The lowest BCUT2D eigenvalue weighted by molar-refractivity contribution is -0.126. The number of methoxy groups -OCH3 is 1. The van der Waals surface area contributed by atoms with Crippen LogP contribution < -0.4 is 10.6 Å². The van der Waals surface area contributed by atoms with E-state index in [-0.39, 0.29) is 31.2 Å². The SMILES string of the molecule is CC.CC.CCC[C@H](NC1NCC(C)C(c2ccc(CCCN(C)C)cc2)C(C)(C)O1)c1ccccc1F.COC=O.[HH]. The van der Waals surface area contributed by atoms with Crippen LogP contribution in [0.25, 0.3) is 0 Å². The molecule has 0 bridgehead atoms. The highest BCUT2D eigenvalue weighted by atomic mass is 19.1. The number of hydrogen-bond donors (Lipinski definition) is 2. The minimum atomic E-state index is -0.390. The molecule has 3 rings (SSSR count). The molecule has 4 atom stereocenters. The maximum atomic E-state index is 14.5. The van der Waals surface area contributed by atoms with Gasteiger partial charge in [-0.15, -0.1) is 0 Å². The van der Waals surface area contributed by atoms with Crippen LogP contribution in [0.1, 0.15) is 105 Å². The van der Waals surface area contributed by atoms with Crippen LogP contribution in [0.4, 0.5) is 4.39 Å². The van der Waals surface area contributed by atoms with Crippen molar-refractivity contribution in [2.75, 3.05) is 34.3 Å². The zero-order chi connectivity index (χ0) is 32.1. The summed E-state index contributed by atoms with van der Waals surface area (Å²) in [6, 6.07) is 16.1. The smallest absolute Gasteiger partial charge is 0.292 e. The first kappa shape index (κ1) is 39.7. The third-order valence-electron chi connectivity index (χ3n) is 7.08. The fourth-order valence-corrected chi connectivity index (χ4v) is 5.39. The third kappa shape index (κ3) is 13.8. The summed E-state index contributed by atoms with van der Waals surface area (Å²) in [6.07, 6.45) is 3.73. The predicted molar refractivity (Wildman–Crippen MR) is 177 cm³/mol. The quantitative estimate of drug-likeness (QED) is 0.259. The number of hydrogen-bond acceptors (Lipinski definition) is 6. The van der Waals surface area contributed by atoms with Gasteiger partial charge in [-0.25, -0.2) is 4.39 Å². The van der Waals surface area contributed by atoms with Gasteiger partial charge >= 0.3 is 0 Å². The first-order chi connectivity index (χ1) is 20.1. The maximum Gasteiger partial charge on any atom is 0.292 e. The monoisotopic (exact) mass is 591 g/mol. The van der Waals surface area contributed by atoms with E-state index in [9.17, 15) is 4.39 Å². The number of halogens is 1. The van der Waals surface area contributed by atoms with Gasteiger partial charge in [0.05, 0.1) is 12.7 Å². The van der Waals surface area contributed by atoms with Crippen molar-refractivity contribution >= 4 is 6.47 Å². The van der Waals surface area contributed by atoms with Crippen molar-refractivity contribution < 1.29 is 20.1 Å². The van der Waals surface area contributed by atoms with Gasteiger partial charge in [-0.05, 0) is 76.9 Å². The molecule has 0 aromatic heterocycles. The number of nitrogens with zero attached hydrogens (tertiary/aromatic N) is 1. The summed E-state index contributed by atoms with van der Waals surface area (Å²) < 4.78 is 25.0. The summed E-state index contributed by atoms with van der Waals surface area (Å²) in [5, 5.41) is 7.12. The average molecular weight is 592 g/mol. The van der Waals surface area contributed by atoms with Gasteiger partial charge < -0.3 is 14.4 Å². The Labute approximate surface area is 258 Å². The van der Waals surface area contributed by atoms with Crippen molar-refractivity contribution in [3.63, 3.8) is 0 Å². The molecule has 1 aliphatic heterocycles. The second-order valence-corrected chi connectivity index (χ2v) is 11.0. The van der Waals surface area contributed by atoms with Crippen LogP contribution in [0, 0.1) is 11.7 Å². The summed E-state index contributed by atoms with van der Waals surface area (Å²) in [4.78, 5) is 11.2. The van der Waals surface area contributed by atoms with Crippen LogP contribution in [0.2, 0.25) is 0 Å². The molecule has 2 aromatic carbocycles. The summed E-state index contributed by atoms with van der Waals surface area (Å²) >= 11 is 0. The second kappa shape index (κ2) is 22.3. The van der Waals surface area contributed by atoms with E-state index in [0.717, 1.165) is 32.4 Å². The molecule has 7 heteroatoms. The van der Waals surface area contributed by atoms with Gasteiger partial charge in [-0.2, -0.15) is 0 Å². The Morgan fingerprint density at radius 3 is 2.26 bits per heavy atom. The third-order valence-corrected chi connectivity index (χ3v) is 7.08. The molecule has 1 aliphatic rings. The fraction of sp³-hybridized carbons (Fsp3) is 0.629. The normalized spacial score (nSPS) is 19.9. The van der Waals surface area contributed by atoms with E-state index in [1.54, 1.807) is 6.07 Å². The molecule has 0 spiro atoms. The van der Waals surface area contributed by atoms with Gasteiger partial charge in [0.2, 0.25) is 0 Å². The van der Waals surface area contributed by atoms with Gasteiger partial charge in [0, 0.05) is 25.5 Å². The lowest BCUT2D eigenvalue weighted by Crippen LogP contribution is -2.49. The molecule has 0 radical (unpaired) electrons. The number of aryl methyl sites for hydroxylation is 1. The van der Waals surface area contributed by atoms with Crippen LogP contribution in [-0.2, 0) is 20.7 Å². The lowest BCUT2D eigenvalue weighted by atomic mass is 9.76. The highest BCUT2D eigenvalue weighted by molar-refractivity contribution is 5.36. The molecule has 42 heavy (non-hydrogen) atoms. The number of ether oxygens (including phenoxy) is 2. The van der Waals surface area contributed by atoms with Crippen molar-refractivity contribution in [1.29, 1.82) is 0 Å². The first-order valence-electron chi connectivity index (χ1n) is 15.7. The van der Waals surface area contributed by atoms with E-state index < -0.39 is 0 Å². The summed E-state index contributed by atoms with van der Waals surface area (Å²) in [7, 11) is 5.55. The highest BCUT2D eigenvalue weighted by Gasteiger charge is 2.40. The average Bonchev–Trinajstić information content (AvgIpc) is 3.09. The van der Waals surface area contributed by atoms with Gasteiger partial charge in [0.1, 0.15) is 5.82 Å². The molecule has 1 fully saturated rings. The minimum absolute atomic E-state index is 0. The number of benzene rings is 2. The Balaban J connectivity index is 0. The van der Waals surface area contributed by atoms with Crippen LogP contribution in [-0.4, -0.2) is 57.6 Å². The second-order valence-electron chi connectivity index (χ2n) is 11.0. The zero-order valence-corrected chi connectivity index (χ0v) is 28.3. The highest BCUT2D eigenvalue weighted by Crippen LogP contribution is 2.40. The van der Waals surface area contributed by atoms with Crippen molar-refractivity contribution in [2.45, 2.75) is 105 Å². The number of carbonyl (C=O) groups excluding carboxylic acids is 1. The van der Waals surface area contributed by atoms with Crippen molar-refractivity contribution in [1.82, 2.24) is 15.5 Å². The standard InChI is InChI=1S/C29H44FN3O.C2H4O2.2C2H6.H2/c1-7-11-26(24-13-8-9-14-25(24)30)32-28-31-20-21(2)27(29(3,4)34-28)23-17-15-22(16-18-23)12-10-19-33(5)6;1-4-2-3;2*1-2;/h8-9,13-18,21,26-28,31-32H,7,10-12,19-20H2,1-6H3;2H,1H3;2*1-2H3;1H/t21?,26-,27?,28?;;;;/m0..../s1. The summed E-state index contributed by atoms with van der Waals surface area (Å²) in [6.45, 7) is 19.1. The molecule has 0 aliphatic carbocycles. The topological polar surface area (TPSA) is 62.8 Å². The molecule has 0 saturated carbocycles. The van der Waals surface area contributed by atoms with E-state index in [1.165, 1.54) is 30.7 Å². The fourth-order valence-electron chi connectivity index (χ4n) is 5.39. The Morgan fingerprint density at radius 2 is 1.74 bits per heavy atom. The van der Waals surface area contributed by atoms with Crippen molar-refractivity contribution in [3.05, 3.63) is 71.0 Å². The van der Waals surface area contributed by atoms with Gasteiger partial charge in [-0.1, -0.05) is 90.4 Å². The Morgan fingerprint density at radius 1 is 1.14 bits per heavy atom. The molecule has 2 N–H and O–H groups in total. The molecular weight excluding hydrogens is 529 g/mol. The molecule has 242 valence electrons. The summed E-state index contributed by atoms with van der Waals surface area (Å²) in [5.41, 5.74) is 3.01. The predicted octanol–water partition coefficient (Wildman–Crippen LogP) is 7.94. The van der Waals surface area contributed by atoms with Gasteiger partial charge in [-0.3, -0.25) is 15.4 Å². The molecule has 2 aromatic rings. The Hall–Kier alpha value is -2.32. The zero-order valence-electron chi connectivity index (χ0n) is 28.3. The van der Waals surface area contributed by atoms with Crippen LogP contribution in [0.15, 0.2) is 48.5 Å². The number of nitrogens with one attached hydrogen (secondary N) is 2. The summed E-state index contributed by atoms with van der Waals surface area (Å²) in [5.74, 6) is 0.471. The maximum absolute atomic E-state index is 14.5. The minimum Gasteiger partial charge on any atom is -0.471 e. The van der Waals surface area contributed by atoms with E-state index in [4.69, 9.17) is 9.53 Å². The number of carbonyl (C=O) groups is 1.